The fraction of sp³-hybridized carbons (Fsp3) is 0.222. The number of aromatic nitrogens is 3. The maximum atomic E-state index is 13.2. The van der Waals surface area contributed by atoms with Gasteiger partial charge in [-0.1, -0.05) is 12.1 Å². The summed E-state index contributed by atoms with van der Waals surface area (Å²) in [6.45, 7) is 3.50. The number of aryl methyl sites for hydroxylation is 1. The summed E-state index contributed by atoms with van der Waals surface area (Å²) >= 11 is 1.16. The highest BCUT2D eigenvalue weighted by molar-refractivity contribution is 7.26. The molecular formula is C18H14F4N4S. The van der Waals surface area contributed by atoms with Crippen molar-refractivity contribution in [2.24, 2.45) is 0 Å². The summed E-state index contributed by atoms with van der Waals surface area (Å²) in [5.41, 5.74) is 1.32. The van der Waals surface area contributed by atoms with E-state index in [4.69, 9.17) is 0 Å². The number of benzene rings is 1. The van der Waals surface area contributed by atoms with Crippen molar-refractivity contribution in [2.75, 3.05) is 5.32 Å². The van der Waals surface area contributed by atoms with Crippen molar-refractivity contribution in [3.05, 3.63) is 52.5 Å². The molecule has 0 aliphatic rings. The number of pyridine rings is 1. The maximum Gasteiger partial charge on any atom is 0.433 e. The Balaban J connectivity index is 1.76. The van der Waals surface area contributed by atoms with E-state index >= 15 is 0 Å². The Morgan fingerprint density at radius 3 is 2.48 bits per heavy atom. The van der Waals surface area contributed by atoms with Crippen LogP contribution in [0.5, 0.6) is 0 Å². The third kappa shape index (κ3) is 3.01. The second-order valence-electron chi connectivity index (χ2n) is 6.25. The zero-order valence-electron chi connectivity index (χ0n) is 14.3. The Morgan fingerprint density at radius 1 is 1.11 bits per heavy atom. The number of hydrogen-bond acceptors (Lipinski definition) is 4. The standard InChI is InChI=1S/C18H14F4N4S/c1-8-9(2)15(18(20,21)22)24-17-12(8)13-14(27-17)16(26-25-13)23-7-10-3-5-11(19)6-4-10/h3-6H,7H2,1-2H3,(H2,23,25,26). The molecule has 0 unspecified atom stereocenters. The van der Waals surface area contributed by atoms with Gasteiger partial charge in [0.15, 0.2) is 5.82 Å². The topological polar surface area (TPSA) is 53.6 Å². The minimum Gasteiger partial charge on any atom is -0.363 e. The molecular weight excluding hydrogens is 380 g/mol. The number of H-pyrrole nitrogens is 1. The monoisotopic (exact) mass is 394 g/mol. The third-order valence-corrected chi connectivity index (χ3v) is 5.62. The molecule has 4 nitrogen and oxygen atoms in total. The van der Waals surface area contributed by atoms with Crippen LogP contribution in [0.1, 0.15) is 22.4 Å². The van der Waals surface area contributed by atoms with Gasteiger partial charge in [0, 0.05) is 11.9 Å². The molecule has 2 N–H and O–H groups in total. The van der Waals surface area contributed by atoms with Crippen molar-refractivity contribution >= 4 is 37.6 Å². The minimum atomic E-state index is -4.50. The number of alkyl halides is 3. The molecule has 4 aromatic rings. The largest absolute Gasteiger partial charge is 0.433 e. The molecule has 0 spiro atoms. The molecule has 1 aromatic carbocycles. The lowest BCUT2D eigenvalue weighted by Gasteiger charge is -2.11. The molecule has 0 bridgehead atoms. The van der Waals surface area contributed by atoms with E-state index in [0.717, 1.165) is 16.9 Å². The summed E-state index contributed by atoms with van der Waals surface area (Å²) in [6, 6.07) is 6.04. The van der Waals surface area contributed by atoms with Gasteiger partial charge in [-0.2, -0.15) is 18.3 Å². The molecule has 4 rings (SSSR count). The zero-order chi connectivity index (χ0) is 19.3. The first-order valence-corrected chi connectivity index (χ1v) is 8.90. The second-order valence-corrected chi connectivity index (χ2v) is 7.25. The summed E-state index contributed by atoms with van der Waals surface area (Å²) < 4.78 is 53.4. The van der Waals surface area contributed by atoms with Crippen LogP contribution in [0.15, 0.2) is 24.3 Å². The number of thiophene rings is 1. The van der Waals surface area contributed by atoms with Crippen LogP contribution in [0.3, 0.4) is 0 Å². The number of nitrogens with one attached hydrogen (secondary N) is 2. The number of fused-ring (bicyclic) bond motifs is 3. The first-order chi connectivity index (χ1) is 12.8. The lowest BCUT2D eigenvalue weighted by atomic mass is 10.1. The molecule has 0 aliphatic heterocycles. The fourth-order valence-electron chi connectivity index (χ4n) is 3.02. The maximum absolute atomic E-state index is 13.2. The van der Waals surface area contributed by atoms with Gasteiger partial charge in [-0.15, -0.1) is 11.3 Å². The fourth-order valence-corrected chi connectivity index (χ4v) is 4.17. The van der Waals surface area contributed by atoms with Gasteiger partial charge in [0.25, 0.3) is 0 Å². The van der Waals surface area contributed by atoms with Gasteiger partial charge in [0.05, 0.1) is 10.2 Å². The van der Waals surface area contributed by atoms with Crippen molar-refractivity contribution in [3.8, 4) is 0 Å². The van der Waals surface area contributed by atoms with Crippen molar-refractivity contribution in [2.45, 2.75) is 26.6 Å². The number of anilines is 1. The van der Waals surface area contributed by atoms with E-state index in [1.165, 1.54) is 19.1 Å². The lowest BCUT2D eigenvalue weighted by molar-refractivity contribution is -0.141. The van der Waals surface area contributed by atoms with Crippen LogP contribution >= 0.6 is 11.3 Å². The van der Waals surface area contributed by atoms with E-state index in [1.54, 1.807) is 19.1 Å². The van der Waals surface area contributed by atoms with Crippen molar-refractivity contribution in [1.29, 1.82) is 0 Å². The van der Waals surface area contributed by atoms with Gasteiger partial charge in [0.1, 0.15) is 16.3 Å². The van der Waals surface area contributed by atoms with Gasteiger partial charge in [0.2, 0.25) is 0 Å². The van der Waals surface area contributed by atoms with E-state index in [0.29, 0.717) is 38.4 Å². The Labute approximate surface area is 155 Å². The summed E-state index contributed by atoms with van der Waals surface area (Å²) in [6.07, 6.45) is -4.50. The van der Waals surface area contributed by atoms with E-state index < -0.39 is 11.9 Å². The van der Waals surface area contributed by atoms with Gasteiger partial charge >= 0.3 is 6.18 Å². The highest BCUT2D eigenvalue weighted by atomic mass is 32.1. The Hall–Kier alpha value is -2.68. The number of nitrogens with zero attached hydrogens (tertiary/aromatic N) is 2. The number of hydrogen-bond donors (Lipinski definition) is 2. The molecule has 3 aromatic heterocycles. The van der Waals surface area contributed by atoms with Crippen LogP contribution in [0.2, 0.25) is 0 Å². The minimum absolute atomic E-state index is 0.116. The second kappa shape index (κ2) is 6.19. The Kier molecular flexibility index (Phi) is 4.06. The van der Waals surface area contributed by atoms with Crippen LogP contribution in [0.25, 0.3) is 20.4 Å². The van der Waals surface area contributed by atoms with Crippen LogP contribution in [0, 0.1) is 19.7 Å². The summed E-state index contributed by atoms with van der Waals surface area (Å²) in [7, 11) is 0. The molecule has 0 fully saturated rings. The smallest absolute Gasteiger partial charge is 0.363 e. The predicted octanol–water partition coefficient (Wildman–Crippen LogP) is 5.56. The normalized spacial score (nSPS) is 12.2. The summed E-state index contributed by atoms with van der Waals surface area (Å²) in [4.78, 5) is 4.18. The van der Waals surface area contributed by atoms with Crippen LogP contribution in [-0.4, -0.2) is 15.2 Å². The number of halogens is 4. The molecule has 0 radical (unpaired) electrons. The highest BCUT2D eigenvalue weighted by Crippen LogP contribution is 2.41. The van der Waals surface area contributed by atoms with Gasteiger partial charge in [-0.05, 0) is 42.7 Å². The lowest BCUT2D eigenvalue weighted by Crippen LogP contribution is -2.11. The van der Waals surface area contributed by atoms with Crippen molar-refractivity contribution in [3.63, 3.8) is 0 Å². The van der Waals surface area contributed by atoms with E-state index in [-0.39, 0.29) is 11.4 Å². The molecule has 140 valence electrons. The molecule has 0 amide bonds. The average Bonchev–Trinajstić information content (AvgIpc) is 3.15. The SMILES string of the molecule is Cc1c(C(F)(F)F)nc2sc3c(NCc4ccc(F)cc4)n[nH]c3c2c1C. The van der Waals surface area contributed by atoms with Crippen LogP contribution in [0.4, 0.5) is 23.4 Å². The van der Waals surface area contributed by atoms with Gasteiger partial charge in [-0.25, -0.2) is 9.37 Å². The van der Waals surface area contributed by atoms with E-state index in [1.807, 2.05) is 0 Å². The molecule has 0 aliphatic carbocycles. The van der Waals surface area contributed by atoms with E-state index in [9.17, 15) is 17.6 Å². The van der Waals surface area contributed by atoms with E-state index in [2.05, 4.69) is 20.5 Å². The Bertz CT molecular complexity index is 1140. The number of rotatable bonds is 3. The quantitative estimate of drug-likeness (QED) is 0.447. The zero-order valence-corrected chi connectivity index (χ0v) is 15.1. The molecule has 0 atom stereocenters. The molecule has 9 heteroatoms. The molecule has 3 heterocycles. The molecule has 0 saturated carbocycles. The molecule has 0 saturated heterocycles. The highest BCUT2D eigenvalue weighted by Gasteiger charge is 2.36. The predicted molar refractivity (Wildman–Crippen MR) is 97.5 cm³/mol. The van der Waals surface area contributed by atoms with Crippen molar-refractivity contribution in [1.82, 2.24) is 15.2 Å². The molecule has 27 heavy (non-hydrogen) atoms. The van der Waals surface area contributed by atoms with Gasteiger partial charge in [-0.3, -0.25) is 5.10 Å². The van der Waals surface area contributed by atoms with Crippen LogP contribution < -0.4 is 5.32 Å². The first-order valence-electron chi connectivity index (χ1n) is 8.09. The average molecular weight is 394 g/mol. The first kappa shape index (κ1) is 17.7. The number of aromatic amines is 1. The van der Waals surface area contributed by atoms with Gasteiger partial charge < -0.3 is 5.32 Å². The van der Waals surface area contributed by atoms with Crippen LogP contribution in [-0.2, 0) is 12.7 Å². The third-order valence-electron chi connectivity index (χ3n) is 4.53. The Morgan fingerprint density at radius 2 is 1.81 bits per heavy atom. The summed E-state index contributed by atoms with van der Waals surface area (Å²) in [5.74, 6) is 0.214. The van der Waals surface area contributed by atoms with Crippen molar-refractivity contribution < 1.29 is 17.6 Å². The summed E-state index contributed by atoms with van der Waals surface area (Å²) in [5, 5.41) is 10.9.